The number of aryl methyl sites for hydroxylation is 1. The molecule has 4 aromatic heterocycles. The summed E-state index contributed by atoms with van der Waals surface area (Å²) in [7, 11) is 1.89. The Kier molecular flexibility index (Phi) is 6.93. The Hall–Kier alpha value is -3.08. The third-order valence-corrected chi connectivity index (χ3v) is 6.34. The largest absolute Gasteiger partial charge is 0.397 e. The van der Waals surface area contributed by atoms with Gasteiger partial charge in [-0.1, -0.05) is 0 Å². The summed E-state index contributed by atoms with van der Waals surface area (Å²) < 4.78 is 3.76. The third-order valence-electron chi connectivity index (χ3n) is 5.35. The summed E-state index contributed by atoms with van der Waals surface area (Å²) in [6, 6.07) is 2.10. The van der Waals surface area contributed by atoms with E-state index < -0.39 is 0 Å². The molecular formula is C22H27N7O2S. The van der Waals surface area contributed by atoms with Gasteiger partial charge < -0.3 is 15.7 Å². The maximum absolute atomic E-state index is 11.6. The van der Waals surface area contributed by atoms with Crippen LogP contribution in [0, 0.1) is 0 Å². The van der Waals surface area contributed by atoms with Crippen LogP contribution < -0.4 is 10.6 Å². The molecule has 9 nitrogen and oxygen atoms in total. The number of fused-ring (bicyclic) bond motifs is 1. The van der Waals surface area contributed by atoms with E-state index in [1.807, 2.05) is 36.2 Å². The lowest BCUT2D eigenvalue weighted by Gasteiger charge is -2.22. The standard InChI is InChI=1S/C20H21N7OS.C2H6O/c1-26-11-14(9-24-26)16-10-23-20-19(22-6-7-27(16)20)25-18-8-15(17(12-28)29-18)13-2-4-21-5-3-13;1-2-3/h6-13,21H,2-5H2,1H3,(H,22,25);3H,2H2,1H3. The number of imidazole rings is 1. The normalized spacial score (nSPS) is 14.2. The van der Waals surface area contributed by atoms with E-state index in [4.69, 9.17) is 5.11 Å². The molecule has 1 aliphatic rings. The van der Waals surface area contributed by atoms with Crippen LogP contribution in [0.2, 0.25) is 0 Å². The molecule has 5 heterocycles. The maximum Gasteiger partial charge on any atom is 0.180 e. The molecule has 0 aliphatic carbocycles. The molecule has 0 spiro atoms. The van der Waals surface area contributed by atoms with Crippen molar-refractivity contribution in [2.75, 3.05) is 25.0 Å². The Morgan fingerprint density at radius 2 is 2.09 bits per heavy atom. The smallest absolute Gasteiger partial charge is 0.180 e. The first-order valence-electron chi connectivity index (χ1n) is 10.6. The van der Waals surface area contributed by atoms with Crippen molar-refractivity contribution in [3.05, 3.63) is 47.5 Å². The van der Waals surface area contributed by atoms with E-state index in [1.165, 1.54) is 11.3 Å². The van der Waals surface area contributed by atoms with Crippen LogP contribution >= 0.6 is 11.3 Å². The van der Waals surface area contributed by atoms with Crippen molar-refractivity contribution < 1.29 is 9.90 Å². The number of aliphatic hydroxyl groups is 1. The minimum atomic E-state index is 0.250. The van der Waals surface area contributed by atoms with Crippen LogP contribution in [0.3, 0.4) is 0 Å². The number of nitrogens with zero attached hydrogens (tertiary/aromatic N) is 5. The second-order valence-corrected chi connectivity index (χ2v) is 8.61. The van der Waals surface area contributed by atoms with Gasteiger partial charge in [-0.25, -0.2) is 9.97 Å². The van der Waals surface area contributed by atoms with Gasteiger partial charge in [-0.15, -0.1) is 11.3 Å². The molecule has 5 rings (SSSR count). The summed E-state index contributed by atoms with van der Waals surface area (Å²) in [5, 5.41) is 19.5. The Morgan fingerprint density at radius 1 is 1.31 bits per heavy atom. The van der Waals surface area contributed by atoms with Gasteiger partial charge in [-0.2, -0.15) is 5.10 Å². The summed E-state index contributed by atoms with van der Waals surface area (Å²) in [6.45, 7) is 3.92. The first-order chi connectivity index (χ1) is 15.6. The van der Waals surface area contributed by atoms with E-state index in [2.05, 4.69) is 31.8 Å². The molecule has 168 valence electrons. The summed E-state index contributed by atoms with van der Waals surface area (Å²) in [4.78, 5) is 21.5. The van der Waals surface area contributed by atoms with Crippen molar-refractivity contribution in [3.63, 3.8) is 0 Å². The SMILES string of the molecule is CCO.Cn1cc(-c2cnc3c(Nc4cc(C5CCNCC5)c(C=O)s4)nccn23)cn1. The van der Waals surface area contributed by atoms with Crippen LogP contribution in [-0.4, -0.2) is 55.2 Å². The summed E-state index contributed by atoms with van der Waals surface area (Å²) >= 11 is 1.47. The maximum atomic E-state index is 11.6. The van der Waals surface area contributed by atoms with Gasteiger partial charge in [0.05, 0.1) is 28.0 Å². The number of aliphatic hydroxyl groups excluding tert-OH is 1. The average molecular weight is 454 g/mol. The van der Waals surface area contributed by atoms with E-state index in [0.717, 1.165) is 64.6 Å². The number of piperidine rings is 1. The molecular weight excluding hydrogens is 426 g/mol. The van der Waals surface area contributed by atoms with Crippen LogP contribution in [0.1, 0.15) is 40.9 Å². The van der Waals surface area contributed by atoms with Crippen molar-refractivity contribution >= 4 is 34.1 Å². The fraction of sp³-hybridized carbons (Fsp3) is 0.364. The zero-order valence-electron chi connectivity index (χ0n) is 18.2. The minimum absolute atomic E-state index is 0.250. The first-order valence-corrected chi connectivity index (χ1v) is 11.4. The topological polar surface area (TPSA) is 109 Å². The first kappa shape index (κ1) is 22.1. The van der Waals surface area contributed by atoms with Crippen LogP contribution in [0.15, 0.2) is 37.1 Å². The van der Waals surface area contributed by atoms with Crippen molar-refractivity contribution in [2.45, 2.75) is 25.7 Å². The molecule has 0 aromatic carbocycles. The number of rotatable bonds is 5. The van der Waals surface area contributed by atoms with Crippen LogP contribution in [0.4, 0.5) is 10.8 Å². The summed E-state index contributed by atoms with van der Waals surface area (Å²) in [5.74, 6) is 1.09. The quantitative estimate of drug-likeness (QED) is 0.398. The minimum Gasteiger partial charge on any atom is -0.397 e. The van der Waals surface area contributed by atoms with Crippen molar-refractivity contribution in [1.29, 1.82) is 0 Å². The Morgan fingerprint density at radius 3 is 2.78 bits per heavy atom. The lowest BCUT2D eigenvalue weighted by atomic mass is 9.91. The molecule has 0 saturated carbocycles. The molecule has 32 heavy (non-hydrogen) atoms. The van der Waals surface area contributed by atoms with Crippen LogP contribution in [-0.2, 0) is 7.05 Å². The van der Waals surface area contributed by atoms with Crippen LogP contribution in [0.25, 0.3) is 16.9 Å². The number of anilines is 2. The molecule has 0 bridgehead atoms. The third kappa shape index (κ3) is 4.57. The second-order valence-electron chi connectivity index (χ2n) is 7.53. The van der Waals surface area contributed by atoms with Gasteiger partial charge in [0.2, 0.25) is 0 Å². The average Bonchev–Trinajstić information content (AvgIpc) is 3.53. The molecule has 3 N–H and O–H groups in total. The van der Waals surface area contributed by atoms with Gasteiger partial charge in [0.25, 0.3) is 0 Å². The van der Waals surface area contributed by atoms with Crippen molar-refractivity contribution in [3.8, 4) is 11.3 Å². The van der Waals surface area contributed by atoms with Crippen LogP contribution in [0.5, 0.6) is 0 Å². The molecule has 1 aliphatic heterocycles. The summed E-state index contributed by atoms with van der Waals surface area (Å²) in [6.07, 6.45) is 12.3. The monoisotopic (exact) mass is 453 g/mol. The zero-order valence-corrected chi connectivity index (χ0v) is 19.0. The van der Waals surface area contributed by atoms with E-state index >= 15 is 0 Å². The fourth-order valence-electron chi connectivity index (χ4n) is 3.92. The van der Waals surface area contributed by atoms with Crippen molar-refractivity contribution in [1.82, 2.24) is 29.5 Å². The van der Waals surface area contributed by atoms with E-state index in [1.54, 1.807) is 17.8 Å². The summed E-state index contributed by atoms with van der Waals surface area (Å²) in [5.41, 5.74) is 3.81. The van der Waals surface area contributed by atoms with Gasteiger partial charge >= 0.3 is 0 Å². The number of hydrogen-bond donors (Lipinski definition) is 3. The Labute approximate surface area is 190 Å². The van der Waals surface area contributed by atoms with Gasteiger partial charge in [-0.05, 0) is 50.4 Å². The molecule has 0 atom stereocenters. The highest BCUT2D eigenvalue weighted by atomic mass is 32.1. The molecule has 0 amide bonds. The highest BCUT2D eigenvalue weighted by Gasteiger charge is 2.21. The highest BCUT2D eigenvalue weighted by Crippen LogP contribution is 2.37. The number of nitrogens with one attached hydrogen (secondary N) is 2. The number of hydrogen-bond acceptors (Lipinski definition) is 8. The molecule has 10 heteroatoms. The number of carbonyl (C=O) groups excluding carboxylic acids is 1. The number of carbonyl (C=O) groups is 1. The lowest BCUT2D eigenvalue weighted by Crippen LogP contribution is -2.26. The van der Waals surface area contributed by atoms with Gasteiger partial charge in [0.15, 0.2) is 17.8 Å². The molecule has 1 fully saturated rings. The van der Waals surface area contributed by atoms with E-state index in [9.17, 15) is 4.79 Å². The van der Waals surface area contributed by atoms with E-state index in [0.29, 0.717) is 11.7 Å². The van der Waals surface area contributed by atoms with Crippen molar-refractivity contribution in [2.24, 2.45) is 7.05 Å². The number of aldehydes is 1. The molecule has 4 aromatic rings. The predicted octanol–water partition coefficient (Wildman–Crippen LogP) is 3.21. The molecule has 1 saturated heterocycles. The van der Waals surface area contributed by atoms with Gasteiger partial charge in [-0.3, -0.25) is 13.9 Å². The van der Waals surface area contributed by atoms with E-state index in [-0.39, 0.29) is 6.61 Å². The predicted molar refractivity (Wildman–Crippen MR) is 126 cm³/mol. The zero-order chi connectivity index (χ0) is 22.5. The molecule has 0 radical (unpaired) electrons. The Bertz CT molecular complexity index is 1190. The lowest BCUT2D eigenvalue weighted by molar-refractivity contribution is 0.112. The highest BCUT2D eigenvalue weighted by molar-refractivity contribution is 7.17. The molecule has 0 unspecified atom stereocenters. The van der Waals surface area contributed by atoms with Gasteiger partial charge in [0, 0.05) is 37.8 Å². The van der Waals surface area contributed by atoms with Gasteiger partial charge in [0.1, 0.15) is 0 Å². The second kappa shape index (κ2) is 10.0. The fourth-order valence-corrected chi connectivity index (χ4v) is 4.88. The number of aromatic nitrogens is 5. The Balaban J connectivity index is 0.000000775. The number of thiophene rings is 1.